The molecule has 2 unspecified atom stereocenters. The van der Waals surface area contributed by atoms with Crippen LogP contribution in [0.15, 0.2) is 0 Å². The Morgan fingerprint density at radius 3 is 1.30 bits per heavy atom. The first-order chi connectivity index (χ1) is 33.6. The third-order valence-corrected chi connectivity index (χ3v) is 10.8. The minimum Gasteiger partial charge on any atom is -0.481 e. The molecule has 0 aromatic carbocycles. The lowest BCUT2D eigenvalue weighted by Crippen LogP contribution is -2.44. The minimum atomic E-state index is -1.44. The Balaban J connectivity index is 3.87. The summed E-state index contributed by atoms with van der Waals surface area (Å²) in [7, 11) is 0. The molecule has 0 aromatic rings. The van der Waals surface area contributed by atoms with Gasteiger partial charge < -0.3 is 66.0 Å². The summed E-state index contributed by atoms with van der Waals surface area (Å²) in [5, 5.41) is 49.5. The van der Waals surface area contributed by atoms with Gasteiger partial charge >= 0.3 is 23.9 Å². The van der Waals surface area contributed by atoms with Gasteiger partial charge in [0.15, 0.2) is 6.29 Å². The second kappa shape index (κ2) is 43.7. The van der Waals surface area contributed by atoms with Crippen molar-refractivity contribution in [3.05, 3.63) is 0 Å². The number of rotatable bonds is 49. The molecule has 0 rings (SSSR count). The smallest absolute Gasteiger partial charge is 0.326 e. The van der Waals surface area contributed by atoms with Crippen LogP contribution in [0.4, 0.5) is 0 Å². The zero-order valence-corrected chi connectivity index (χ0v) is 40.9. The molecule has 23 heteroatoms. The van der Waals surface area contributed by atoms with E-state index < -0.39 is 78.7 Å². The first kappa shape index (κ1) is 64.7. The third-order valence-electron chi connectivity index (χ3n) is 10.8. The van der Waals surface area contributed by atoms with Crippen molar-refractivity contribution in [2.75, 3.05) is 65.9 Å². The van der Waals surface area contributed by atoms with Crippen LogP contribution in [0.1, 0.15) is 148 Å². The highest BCUT2D eigenvalue weighted by molar-refractivity contribution is 5.87. The average Bonchev–Trinajstić information content (AvgIpc) is 3.31. The fourth-order valence-electron chi connectivity index (χ4n) is 6.84. The van der Waals surface area contributed by atoms with E-state index in [1.165, 1.54) is 6.29 Å². The fourth-order valence-corrected chi connectivity index (χ4v) is 6.84. The molecule has 23 nitrogen and oxygen atoms in total. The van der Waals surface area contributed by atoms with Crippen molar-refractivity contribution in [3.8, 4) is 0 Å². The highest BCUT2D eigenvalue weighted by Gasteiger charge is 2.24. The SMILES string of the molecule is CCCCC(CCCCCCCCCCCCCC(=O)NC(CCC(=O)NCCOCCOCC(=O)NCCOCCOCC(=O)N[C@@H](CCC(=O)N[C@@H](CC[C]=O)C(=O)O)C(=O)O)C(=O)O)C(=O)O. The van der Waals surface area contributed by atoms with E-state index in [0.29, 0.717) is 6.42 Å². The number of ether oxygens (including phenoxy) is 4. The Kier molecular flexibility index (Phi) is 40.5. The van der Waals surface area contributed by atoms with Gasteiger partial charge in [0, 0.05) is 38.8 Å². The van der Waals surface area contributed by atoms with Crippen molar-refractivity contribution in [2.24, 2.45) is 5.92 Å². The molecule has 0 heterocycles. The zero-order valence-electron chi connectivity index (χ0n) is 40.9. The molecule has 70 heavy (non-hydrogen) atoms. The second-order valence-corrected chi connectivity index (χ2v) is 16.8. The van der Waals surface area contributed by atoms with E-state index in [1.807, 2.05) is 0 Å². The van der Waals surface area contributed by atoms with Crippen molar-refractivity contribution in [3.63, 3.8) is 0 Å². The van der Waals surface area contributed by atoms with E-state index >= 15 is 0 Å². The fraction of sp³-hybridized carbons (Fsp3) is 0.787. The van der Waals surface area contributed by atoms with Crippen LogP contribution in [0.25, 0.3) is 0 Å². The Morgan fingerprint density at radius 2 is 0.814 bits per heavy atom. The predicted octanol–water partition coefficient (Wildman–Crippen LogP) is 2.41. The summed E-state index contributed by atoms with van der Waals surface area (Å²) in [6.45, 7) is 2.18. The van der Waals surface area contributed by atoms with Crippen molar-refractivity contribution >= 4 is 59.7 Å². The molecule has 1 radical (unpaired) electrons. The number of unbranched alkanes of at least 4 members (excludes halogenated alkanes) is 11. The molecular weight excluding hydrogens is 923 g/mol. The number of aliphatic carboxylic acids is 4. The number of carboxylic acids is 4. The monoisotopic (exact) mass is 1000 g/mol. The summed E-state index contributed by atoms with van der Waals surface area (Å²) in [6, 6.07) is -3.96. The summed E-state index contributed by atoms with van der Waals surface area (Å²) in [6.07, 6.45) is 15.3. The summed E-state index contributed by atoms with van der Waals surface area (Å²) in [4.78, 5) is 117. The number of carboxylic acid groups (broad SMARTS) is 4. The van der Waals surface area contributed by atoms with E-state index in [4.69, 9.17) is 24.1 Å². The topological polar surface area (TPSA) is 349 Å². The highest BCUT2D eigenvalue weighted by atomic mass is 16.5. The molecule has 5 amide bonds. The van der Waals surface area contributed by atoms with Crippen molar-refractivity contribution < 1.29 is 87.3 Å². The first-order valence-electron chi connectivity index (χ1n) is 24.6. The lowest BCUT2D eigenvalue weighted by molar-refractivity contribution is -0.144. The quantitative estimate of drug-likeness (QED) is 0.0395. The number of nitrogens with one attached hydrogen (secondary N) is 5. The van der Waals surface area contributed by atoms with Gasteiger partial charge in [0.05, 0.1) is 45.6 Å². The van der Waals surface area contributed by atoms with Crippen LogP contribution in [0.3, 0.4) is 0 Å². The van der Waals surface area contributed by atoms with Crippen LogP contribution in [0.5, 0.6) is 0 Å². The zero-order chi connectivity index (χ0) is 52.2. The molecule has 0 aromatic heterocycles. The van der Waals surface area contributed by atoms with Crippen LogP contribution in [-0.4, -0.2) is 164 Å². The molecule has 0 aliphatic rings. The third kappa shape index (κ3) is 38.6. The minimum absolute atomic E-state index is 0.0275. The Labute approximate surface area is 411 Å². The highest BCUT2D eigenvalue weighted by Crippen LogP contribution is 2.19. The number of hydrogen-bond donors (Lipinski definition) is 9. The maximum atomic E-state index is 12.4. The lowest BCUT2D eigenvalue weighted by Gasteiger charge is -2.16. The molecule has 401 valence electrons. The maximum absolute atomic E-state index is 12.4. The Hall–Kier alpha value is -5.26. The maximum Gasteiger partial charge on any atom is 0.326 e. The van der Waals surface area contributed by atoms with Crippen LogP contribution >= 0.6 is 0 Å². The van der Waals surface area contributed by atoms with Gasteiger partial charge in [-0.3, -0.25) is 33.6 Å². The van der Waals surface area contributed by atoms with Gasteiger partial charge in [-0.1, -0.05) is 84.0 Å². The summed E-state index contributed by atoms with van der Waals surface area (Å²) >= 11 is 0. The normalized spacial score (nSPS) is 12.7. The predicted molar refractivity (Wildman–Crippen MR) is 252 cm³/mol. The first-order valence-corrected chi connectivity index (χ1v) is 24.6. The van der Waals surface area contributed by atoms with Gasteiger partial charge in [-0.25, -0.2) is 14.4 Å². The van der Waals surface area contributed by atoms with Crippen LogP contribution in [-0.2, 0) is 66.9 Å². The number of carbonyl (C=O) groups is 9. The molecule has 0 aliphatic carbocycles. The molecule has 0 aliphatic heterocycles. The van der Waals surface area contributed by atoms with E-state index in [0.717, 1.165) is 89.9 Å². The second-order valence-electron chi connectivity index (χ2n) is 16.8. The number of carbonyl (C=O) groups excluding carboxylic acids is 6. The lowest BCUT2D eigenvalue weighted by atomic mass is 9.95. The summed E-state index contributed by atoms with van der Waals surface area (Å²) in [5.74, 6) is -7.57. The molecule has 0 spiro atoms. The van der Waals surface area contributed by atoms with Crippen molar-refractivity contribution in [1.82, 2.24) is 26.6 Å². The van der Waals surface area contributed by atoms with Crippen LogP contribution in [0.2, 0.25) is 0 Å². The van der Waals surface area contributed by atoms with Gasteiger partial charge in [-0.15, -0.1) is 0 Å². The van der Waals surface area contributed by atoms with E-state index in [9.17, 15) is 63.3 Å². The number of hydrogen-bond acceptors (Lipinski definition) is 14. The van der Waals surface area contributed by atoms with Gasteiger partial charge in [0.2, 0.25) is 29.5 Å². The van der Waals surface area contributed by atoms with Gasteiger partial charge in [0.25, 0.3) is 0 Å². The van der Waals surface area contributed by atoms with E-state index in [-0.39, 0.29) is 110 Å². The molecule has 4 atom stereocenters. The largest absolute Gasteiger partial charge is 0.481 e. The average molecular weight is 1000 g/mol. The number of amides is 5. The molecule has 0 fully saturated rings. The van der Waals surface area contributed by atoms with Crippen LogP contribution < -0.4 is 26.6 Å². The van der Waals surface area contributed by atoms with E-state index in [1.54, 1.807) is 0 Å². The summed E-state index contributed by atoms with van der Waals surface area (Å²) in [5.41, 5.74) is 0. The van der Waals surface area contributed by atoms with Gasteiger partial charge in [-0.05, 0) is 38.5 Å². The molecule has 0 bridgehead atoms. The molecule has 9 N–H and O–H groups in total. The van der Waals surface area contributed by atoms with Crippen LogP contribution in [0, 0.1) is 5.92 Å². The molecule has 0 saturated carbocycles. The van der Waals surface area contributed by atoms with Gasteiger partial charge in [0.1, 0.15) is 31.3 Å². The standard InChI is InChI=1S/C47H80N5O18/c1-2-3-16-35(44(59)60)17-13-11-9-7-5-4-6-8-10-12-14-19-40(55)51-37(46(63)64)20-22-39(54)48-24-27-67-29-31-69-33-42(57)49-25-28-68-30-32-70-34-43(58)52-38(47(65)66)21-23-41(56)50-36(45(61)62)18-15-26-53/h35-38H,2-25,27-34H2,1H3,(H,48,54)(H,49,57)(H,50,56)(H,51,55)(H,52,58)(H,59,60)(H,61,62)(H,63,64)(H,65,66)/t35?,36-,37?,38-/m0/s1. The van der Waals surface area contributed by atoms with E-state index in [2.05, 4.69) is 33.5 Å². The van der Waals surface area contributed by atoms with Gasteiger partial charge in [-0.2, -0.15) is 0 Å². The Morgan fingerprint density at radius 1 is 0.414 bits per heavy atom. The Bertz CT molecular complexity index is 1540. The van der Waals surface area contributed by atoms with Crippen molar-refractivity contribution in [2.45, 2.75) is 166 Å². The summed E-state index contributed by atoms with van der Waals surface area (Å²) < 4.78 is 21.1. The van der Waals surface area contributed by atoms with Crippen molar-refractivity contribution in [1.29, 1.82) is 0 Å². The molecular formula is C47H80N5O18. The molecule has 0 saturated heterocycles.